The zero-order chi connectivity index (χ0) is 20.0. The second-order valence-corrected chi connectivity index (χ2v) is 7.39. The van der Waals surface area contributed by atoms with Gasteiger partial charge in [0.25, 0.3) is 0 Å². The van der Waals surface area contributed by atoms with E-state index in [4.69, 9.17) is 34.7 Å². The molecule has 0 aliphatic heterocycles. The molecule has 0 radical (unpaired) electrons. The lowest BCUT2D eigenvalue weighted by Gasteiger charge is -2.20. The third-order valence-electron chi connectivity index (χ3n) is 4.53. The van der Waals surface area contributed by atoms with Crippen LogP contribution in [0.25, 0.3) is 21.9 Å². The highest BCUT2D eigenvalue weighted by Crippen LogP contribution is 2.31. The first-order valence-corrected chi connectivity index (χ1v) is 9.23. The van der Waals surface area contributed by atoms with E-state index in [0.717, 1.165) is 27.8 Å². The van der Waals surface area contributed by atoms with Crippen LogP contribution >= 0.6 is 23.2 Å². The minimum atomic E-state index is 0.0806. The normalized spacial score (nSPS) is 11.3. The Morgan fingerprint density at radius 2 is 1.79 bits per heavy atom. The van der Waals surface area contributed by atoms with Crippen LogP contribution in [0.3, 0.4) is 0 Å². The van der Waals surface area contributed by atoms with Crippen LogP contribution in [0.1, 0.15) is 11.4 Å². The summed E-state index contributed by atoms with van der Waals surface area (Å²) in [5, 5.41) is 3.15. The van der Waals surface area contributed by atoms with Crippen LogP contribution in [-0.4, -0.2) is 27.0 Å². The number of nitrogen functional groups attached to an aromatic ring is 2. The molecule has 0 saturated heterocycles. The lowest BCUT2D eigenvalue weighted by Crippen LogP contribution is -2.19. The summed E-state index contributed by atoms with van der Waals surface area (Å²) in [6, 6.07) is 9.65. The Hall–Kier alpha value is -2.90. The highest BCUT2D eigenvalue weighted by molar-refractivity contribution is 6.38. The van der Waals surface area contributed by atoms with E-state index >= 15 is 0 Å². The molecule has 0 saturated carbocycles. The van der Waals surface area contributed by atoms with Crippen molar-refractivity contribution < 1.29 is 0 Å². The van der Waals surface area contributed by atoms with Crippen molar-refractivity contribution in [1.82, 2.24) is 19.9 Å². The number of benzene rings is 2. The molecule has 9 heteroatoms. The fourth-order valence-corrected chi connectivity index (χ4v) is 3.65. The van der Waals surface area contributed by atoms with Crippen molar-refractivity contribution in [2.45, 2.75) is 13.5 Å². The molecule has 2 heterocycles. The molecule has 4 rings (SSSR count). The predicted molar refractivity (Wildman–Crippen MR) is 115 cm³/mol. The van der Waals surface area contributed by atoms with Crippen LogP contribution in [0.15, 0.2) is 30.3 Å². The van der Waals surface area contributed by atoms with Gasteiger partial charge in [0, 0.05) is 28.2 Å². The highest BCUT2D eigenvalue weighted by atomic mass is 35.5. The standard InChI is InChI=1S/C19H17Cl2N7/c1-9-15(25-16-17(22)26-19(23)27-18(16)24-9)8-28(2)12-3-4-13-10(6-12)5-11(20)7-14(13)21/h3-7H,8H2,1-2H3,(H4,22,23,24,26,27). The smallest absolute Gasteiger partial charge is 0.224 e. The first kappa shape index (κ1) is 18.5. The molecule has 2 aromatic heterocycles. The third-order valence-corrected chi connectivity index (χ3v) is 5.06. The first-order chi connectivity index (χ1) is 13.3. The van der Waals surface area contributed by atoms with Gasteiger partial charge < -0.3 is 16.4 Å². The van der Waals surface area contributed by atoms with E-state index in [1.165, 1.54) is 0 Å². The van der Waals surface area contributed by atoms with E-state index < -0.39 is 0 Å². The Morgan fingerprint density at radius 3 is 2.57 bits per heavy atom. The van der Waals surface area contributed by atoms with Crippen LogP contribution in [0.5, 0.6) is 0 Å². The molecule has 0 atom stereocenters. The number of hydrogen-bond acceptors (Lipinski definition) is 7. The van der Waals surface area contributed by atoms with E-state index in [2.05, 4.69) is 24.8 Å². The Bertz CT molecular complexity index is 1230. The molecule has 0 spiro atoms. The van der Waals surface area contributed by atoms with Crippen molar-refractivity contribution >= 4 is 62.6 Å². The average Bonchev–Trinajstić information content (AvgIpc) is 2.62. The molecule has 0 bridgehead atoms. The van der Waals surface area contributed by atoms with Gasteiger partial charge >= 0.3 is 0 Å². The van der Waals surface area contributed by atoms with Gasteiger partial charge in [0.2, 0.25) is 5.95 Å². The van der Waals surface area contributed by atoms with Crippen LogP contribution in [0.2, 0.25) is 10.0 Å². The van der Waals surface area contributed by atoms with E-state index in [1.54, 1.807) is 6.07 Å². The maximum atomic E-state index is 6.28. The molecule has 0 unspecified atom stereocenters. The maximum absolute atomic E-state index is 6.28. The Labute approximate surface area is 171 Å². The van der Waals surface area contributed by atoms with E-state index in [9.17, 15) is 0 Å². The van der Waals surface area contributed by atoms with Gasteiger partial charge in [0.05, 0.1) is 17.9 Å². The van der Waals surface area contributed by atoms with Gasteiger partial charge in [-0.2, -0.15) is 9.97 Å². The Kier molecular flexibility index (Phi) is 4.56. The molecular weight excluding hydrogens is 397 g/mol. The topological polar surface area (TPSA) is 107 Å². The van der Waals surface area contributed by atoms with Crippen LogP contribution in [-0.2, 0) is 6.54 Å². The molecule has 0 aliphatic carbocycles. The SMILES string of the molecule is Cc1nc2nc(N)nc(N)c2nc1CN(C)c1ccc2c(Cl)cc(Cl)cc2c1. The van der Waals surface area contributed by atoms with E-state index in [-0.39, 0.29) is 11.8 Å². The first-order valence-electron chi connectivity index (χ1n) is 8.48. The minimum absolute atomic E-state index is 0.0806. The molecule has 7 nitrogen and oxygen atoms in total. The number of anilines is 3. The van der Waals surface area contributed by atoms with Crippen LogP contribution < -0.4 is 16.4 Å². The van der Waals surface area contributed by atoms with Gasteiger partial charge in [0.1, 0.15) is 0 Å². The Balaban J connectivity index is 1.71. The summed E-state index contributed by atoms with van der Waals surface area (Å²) in [4.78, 5) is 19.2. The zero-order valence-corrected chi connectivity index (χ0v) is 16.8. The largest absolute Gasteiger partial charge is 0.382 e. The summed E-state index contributed by atoms with van der Waals surface area (Å²) >= 11 is 12.4. The molecule has 142 valence electrons. The third kappa shape index (κ3) is 3.34. The number of nitrogens with zero attached hydrogens (tertiary/aromatic N) is 5. The van der Waals surface area contributed by atoms with E-state index in [1.807, 2.05) is 38.2 Å². The lowest BCUT2D eigenvalue weighted by atomic mass is 10.1. The van der Waals surface area contributed by atoms with Gasteiger partial charge in [-0.3, -0.25) is 0 Å². The van der Waals surface area contributed by atoms with Crippen molar-refractivity contribution in [2.24, 2.45) is 0 Å². The highest BCUT2D eigenvalue weighted by Gasteiger charge is 2.13. The maximum Gasteiger partial charge on any atom is 0.224 e. The fourth-order valence-electron chi connectivity index (χ4n) is 3.08. The van der Waals surface area contributed by atoms with Crippen molar-refractivity contribution in [3.8, 4) is 0 Å². The quantitative estimate of drug-likeness (QED) is 0.522. The van der Waals surface area contributed by atoms with Gasteiger partial charge in [-0.15, -0.1) is 0 Å². The van der Waals surface area contributed by atoms with Gasteiger partial charge in [-0.25, -0.2) is 9.97 Å². The molecule has 2 aromatic carbocycles. The van der Waals surface area contributed by atoms with Gasteiger partial charge in [0.15, 0.2) is 17.0 Å². The number of hydrogen-bond donors (Lipinski definition) is 2. The predicted octanol–water partition coefficient (Wildman–Crippen LogP) is 3.99. The minimum Gasteiger partial charge on any atom is -0.382 e. The van der Waals surface area contributed by atoms with Crippen molar-refractivity contribution in [3.63, 3.8) is 0 Å². The molecule has 4 N–H and O–H groups in total. The van der Waals surface area contributed by atoms with E-state index in [0.29, 0.717) is 27.8 Å². The average molecular weight is 414 g/mol. The summed E-state index contributed by atoms with van der Waals surface area (Å²) in [6.07, 6.45) is 0. The fraction of sp³-hybridized carbons (Fsp3) is 0.158. The number of aryl methyl sites for hydroxylation is 1. The molecule has 0 fully saturated rings. The molecule has 0 aliphatic rings. The van der Waals surface area contributed by atoms with Crippen LogP contribution in [0.4, 0.5) is 17.5 Å². The summed E-state index contributed by atoms with van der Waals surface area (Å²) in [5.74, 6) is 0.297. The van der Waals surface area contributed by atoms with Crippen LogP contribution in [0, 0.1) is 6.92 Å². The second kappa shape index (κ2) is 6.92. The molecular formula is C19H17Cl2N7. The Morgan fingerprint density at radius 1 is 1.00 bits per heavy atom. The van der Waals surface area contributed by atoms with Crippen molar-refractivity contribution in [2.75, 3.05) is 23.4 Å². The second-order valence-electron chi connectivity index (χ2n) is 6.54. The van der Waals surface area contributed by atoms with Crippen molar-refractivity contribution in [1.29, 1.82) is 0 Å². The summed E-state index contributed by atoms with van der Waals surface area (Å²) in [7, 11) is 1.97. The number of nitrogens with two attached hydrogens (primary N) is 2. The summed E-state index contributed by atoms with van der Waals surface area (Å²) in [5.41, 5.74) is 14.9. The number of fused-ring (bicyclic) bond motifs is 2. The molecule has 28 heavy (non-hydrogen) atoms. The number of halogens is 2. The number of aromatic nitrogens is 4. The lowest BCUT2D eigenvalue weighted by molar-refractivity contribution is 0.866. The van der Waals surface area contributed by atoms with Gasteiger partial charge in [-0.05, 0) is 36.6 Å². The molecule has 0 amide bonds. The van der Waals surface area contributed by atoms with Gasteiger partial charge in [-0.1, -0.05) is 29.3 Å². The monoisotopic (exact) mass is 413 g/mol. The van der Waals surface area contributed by atoms with Crippen molar-refractivity contribution in [3.05, 3.63) is 51.8 Å². The summed E-state index contributed by atoms with van der Waals surface area (Å²) < 4.78 is 0. The molecule has 4 aromatic rings. The number of rotatable bonds is 3. The zero-order valence-electron chi connectivity index (χ0n) is 15.2. The summed E-state index contributed by atoms with van der Waals surface area (Å²) in [6.45, 7) is 2.41.